The number of hydrogen-bond donors (Lipinski definition) is 1. The molecule has 202 valence electrons. The number of benzene rings is 4. The van der Waals surface area contributed by atoms with Crippen LogP contribution in [0.25, 0.3) is 33.5 Å². The van der Waals surface area contributed by atoms with Gasteiger partial charge in [0.1, 0.15) is 11.3 Å². The van der Waals surface area contributed by atoms with Crippen LogP contribution in [-0.2, 0) is 4.79 Å². The molecule has 2 heterocycles. The van der Waals surface area contributed by atoms with Gasteiger partial charge in [-0.15, -0.1) is 0 Å². The quantitative estimate of drug-likeness (QED) is 0.181. The second-order valence-corrected chi connectivity index (χ2v) is 10.8. The minimum Gasteiger partial charge on any atom is -0.483 e. The van der Waals surface area contributed by atoms with E-state index in [0.717, 1.165) is 14.3 Å². The Balaban J connectivity index is 1.37. The molecule has 0 aliphatic rings. The Bertz CT molecular complexity index is 2000. The van der Waals surface area contributed by atoms with Gasteiger partial charge in [0.05, 0.1) is 17.1 Å². The number of nitrogens with one attached hydrogen (secondary N) is 1. The number of ether oxygens (including phenoxy) is 1. The molecule has 0 spiro atoms. The molecule has 0 radical (unpaired) electrons. The molecule has 0 atom stereocenters. The number of hydrogen-bond acceptors (Lipinski definition) is 6. The van der Waals surface area contributed by atoms with Crippen molar-refractivity contribution in [1.82, 2.24) is 9.66 Å². The van der Waals surface area contributed by atoms with E-state index in [4.69, 9.17) is 14.1 Å². The number of halogens is 2. The number of fused-ring (bicyclic) bond motifs is 2. The lowest BCUT2D eigenvalue weighted by Gasteiger charge is -2.11. The van der Waals surface area contributed by atoms with Crippen molar-refractivity contribution >= 4 is 71.5 Å². The van der Waals surface area contributed by atoms with Crippen molar-refractivity contribution in [3.63, 3.8) is 0 Å². The Kier molecular flexibility index (Phi) is 7.49. The van der Waals surface area contributed by atoms with Gasteiger partial charge in [0.2, 0.25) is 5.82 Å². The first-order valence-electron chi connectivity index (χ1n) is 12.5. The van der Waals surface area contributed by atoms with E-state index in [2.05, 4.69) is 42.3 Å². The average Bonchev–Trinajstić information content (AvgIpc) is 3.40. The molecule has 6 rings (SSSR count). The van der Waals surface area contributed by atoms with Crippen LogP contribution < -0.4 is 15.6 Å². The van der Waals surface area contributed by atoms with Crippen LogP contribution in [0.4, 0.5) is 5.69 Å². The molecule has 0 fully saturated rings. The van der Waals surface area contributed by atoms with Gasteiger partial charge in [-0.25, -0.2) is 4.98 Å². The van der Waals surface area contributed by atoms with Crippen LogP contribution in [0.1, 0.15) is 5.56 Å². The van der Waals surface area contributed by atoms with E-state index in [-0.39, 0.29) is 23.9 Å². The van der Waals surface area contributed by atoms with Crippen molar-refractivity contribution in [2.45, 2.75) is 0 Å². The SMILES string of the molecule is O=C(COc1ccc(Br)cc1C=Nn1c(-c2cc3cc(Br)ccc3o2)nc2ccccc2c1=O)Nc1ccccc1. The Morgan fingerprint density at radius 1 is 0.951 bits per heavy atom. The van der Waals surface area contributed by atoms with Crippen LogP contribution in [-0.4, -0.2) is 28.4 Å². The predicted molar refractivity (Wildman–Crippen MR) is 167 cm³/mol. The number of nitrogens with zero attached hydrogens (tertiary/aromatic N) is 3. The Hall–Kier alpha value is -4.54. The third kappa shape index (κ3) is 5.84. The Morgan fingerprint density at radius 2 is 1.71 bits per heavy atom. The second kappa shape index (κ2) is 11.5. The summed E-state index contributed by atoms with van der Waals surface area (Å²) in [6.07, 6.45) is 1.50. The van der Waals surface area contributed by atoms with Crippen LogP contribution in [0, 0.1) is 0 Å². The van der Waals surface area contributed by atoms with E-state index in [1.165, 1.54) is 10.9 Å². The summed E-state index contributed by atoms with van der Waals surface area (Å²) < 4.78 is 14.8. The molecule has 0 unspecified atom stereocenters. The summed E-state index contributed by atoms with van der Waals surface area (Å²) >= 11 is 6.96. The summed E-state index contributed by atoms with van der Waals surface area (Å²) in [5.74, 6) is 0.742. The van der Waals surface area contributed by atoms with Crippen LogP contribution in [0.15, 0.2) is 120 Å². The molecule has 4 aromatic carbocycles. The first-order chi connectivity index (χ1) is 19.9. The predicted octanol–water partition coefficient (Wildman–Crippen LogP) is 7.23. The van der Waals surface area contributed by atoms with E-state index in [1.807, 2.05) is 48.5 Å². The first-order valence-corrected chi connectivity index (χ1v) is 14.1. The molecule has 8 nitrogen and oxygen atoms in total. The number of furan rings is 1. The van der Waals surface area contributed by atoms with Crippen molar-refractivity contribution < 1.29 is 13.9 Å². The largest absolute Gasteiger partial charge is 0.483 e. The van der Waals surface area contributed by atoms with Gasteiger partial charge in [0.25, 0.3) is 11.5 Å². The third-order valence-electron chi connectivity index (χ3n) is 6.15. The normalized spacial score (nSPS) is 11.4. The molecule has 0 saturated heterocycles. The van der Waals surface area contributed by atoms with Gasteiger partial charge in [-0.2, -0.15) is 9.78 Å². The van der Waals surface area contributed by atoms with Crippen LogP contribution in [0.3, 0.4) is 0 Å². The first kappa shape index (κ1) is 26.7. The monoisotopic (exact) mass is 670 g/mol. The number of para-hydroxylation sites is 2. The van der Waals surface area contributed by atoms with E-state index in [0.29, 0.717) is 39.2 Å². The van der Waals surface area contributed by atoms with E-state index in [1.54, 1.807) is 48.5 Å². The van der Waals surface area contributed by atoms with Crippen molar-refractivity contribution in [1.29, 1.82) is 0 Å². The van der Waals surface area contributed by atoms with Crippen LogP contribution >= 0.6 is 31.9 Å². The van der Waals surface area contributed by atoms with E-state index in [9.17, 15) is 9.59 Å². The number of aromatic nitrogens is 2. The average molecular weight is 672 g/mol. The van der Waals surface area contributed by atoms with Crippen LogP contribution in [0.2, 0.25) is 0 Å². The summed E-state index contributed by atoms with van der Waals surface area (Å²) in [7, 11) is 0. The van der Waals surface area contributed by atoms with Crippen molar-refractivity contribution in [2.75, 3.05) is 11.9 Å². The zero-order valence-electron chi connectivity index (χ0n) is 21.3. The molecule has 0 aliphatic carbocycles. The number of carbonyl (C=O) groups is 1. The van der Waals surface area contributed by atoms with E-state index >= 15 is 0 Å². The van der Waals surface area contributed by atoms with Gasteiger partial charge in [-0.1, -0.05) is 62.2 Å². The molecule has 1 N–H and O–H groups in total. The fourth-order valence-corrected chi connectivity index (χ4v) is 5.01. The third-order valence-corrected chi connectivity index (χ3v) is 7.14. The molecule has 0 bridgehead atoms. The van der Waals surface area contributed by atoms with Gasteiger partial charge in [-0.05, 0) is 66.7 Å². The topological polar surface area (TPSA) is 98.7 Å². The van der Waals surface area contributed by atoms with Gasteiger partial charge in [-0.3, -0.25) is 9.59 Å². The summed E-state index contributed by atoms with van der Waals surface area (Å²) in [6.45, 7) is -0.214. The fourth-order valence-electron chi connectivity index (χ4n) is 4.25. The smallest absolute Gasteiger partial charge is 0.282 e. The molecular formula is C31H20Br2N4O4. The number of anilines is 1. The zero-order chi connectivity index (χ0) is 28.3. The van der Waals surface area contributed by atoms with Crippen LogP contribution in [0.5, 0.6) is 5.75 Å². The van der Waals surface area contributed by atoms with Crippen molar-refractivity contribution in [3.05, 3.63) is 122 Å². The maximum Gasteiger partial charge on any atom is 0.282 e. The van der Waals surface area contributed by atoms with Gasteiger partial charge in [0.15, 0.2) is 12.4 Å². The number of carbonyl (C=O) groups excluding carboxylic acids is 1. The minimum atomic E-state index is -0.358. The van der Waals surface area contributed by atoms with Gasteiger partial charge < -0.3 is 14.5 Å². The highest BCUT2D eigenvalue weighted by Crippen LogP contribution is 2.29. The van der Waals surface area contributed by atoms with Crippen molar-refractivity contribution in [3.8, 4) is 17.3 Å². The highest BCUT2D eigenvalue weighted by Gasteiger charge is 2.17. The molecule has 10 heteroatoms. The minimum absolute atomic E-state index is 0.214. The summed E-state index contributed by atoms with van der Waals surface area (Å²) in [5.41, 5.74) is 2.04. The summed E-state index contributed by atoms with van der Waals surface area (Å²) in [5, 5.41) is 8.59. The number of amides is 1. The number of rotatable bonds is 7. The maximum atomic E-state index is 13.6. The highest BCUT2D eigenvalue weighted by molar-refractivity contribution is 9.10. The summed E-state index contributed by atoms with van der Waals surface area (Å²) in [6, 6.07) is 29.0. The Labute approximate surface area is 250 Å². The molecule has 6 aromatic rings. The maximum absolute atomic E-state index is 13.6. The highest BCUT2D eigenvalue weighted by atomic mass is 79.9. The molecule has 1 amide bonds. The van der Waals surface area contributed by atoms with E-state index < -0.39 is 0 Å². The van der Waals surface area contributed by atoms with Gasteiger partial charge >= 0.3 is 0 Å². The Morgan fingerprint density at radius 3 is 2.56 bits per heavy atom. The molecule has 41 heavy (non-hydrogen) atoms. The molecule has 0 aliphatic heterocycles. The lowest BCUT2D eigenvalue weighted by atomic mass is 10.2. The second-order valence-electron chi connectivity index (χ2n) is 8.99. The molecule has 0 saturated carbocycles. The molecular weight excluding hydrogens is 652 g/mol. The van der Waals surface area contributed by atoms with Crippen molar-refractivity contribution in [2.24, 2.45) is 5.10 Å². The van der Waals surface area contributed by atoms with Gasteiger partial charge in [0, 0.05) is 25.6 Å². The lowest BCUT2D eigenvalue weighted by molar-refractivity contribution is -0.118. The summed E-state index contributed by atoms with van der Waals surface area (Å²) in [4.78, 5) is 30.8. The lowest BCUT2D eigenvalue weighted by Crippen LogP contribution is -2.21. The standard InChI is InChI=1S/C31H20Br2N4O4/c32-21-11-13-27-19(14-21)16-28(41-27)30-36-25-9-5-4-8-24(25)31(39)37(30)34-17-20-15-22(33)10-12-26(20)40-18-29(38)35-23-6-2-1-3-7-23/h1-17H,18H2,(H,35,38). The fraction of sp³-hybridized carbons (Fsp3) is 0.0323. The zero-order valence-corrected chi connectivity index (χ0v) is 24.4. The molecule has 2 aromatic heterocycles.